The van der Waals surface area contributed by atoms with Crippen molar-refractivity contribution in [3.8, 4) is 0 Å². The summed E-state index contributed by atoms with van der Waals surface area (Å²) in [5, 5.41) is 19.2. The van der Waals surface area contributed by atoms with Crippen LogP contribution in [0.5, 0.6) is 0 Å². The van der Waals surface area contributed by atoms with E-state index in [-0.39, 0.29) is 48.6 Å². The molecule has 4 fully saturated rings. The van der Waals surface area contributed by atoms with Crippen LogP contribution in [0.4, 0.5) is 20.7 Å². The number of hydrogen-bond donors (Lipinski definition) is 2. The third-order valence-corrected chi connectivity index (χ3v) is 11.0. The summed E-state index contributed by atoms with van der Waals surface area (Å²) in [6.45, 7) is 2.29. The molecule has 8 rings (SSSR count). The van der Waals surface area contributed by atoms with Crippen molar-refractivity contribution >= 4 is 51.2 Å². The van der Waals surface area contributed by atoms with Crippen LogP contribution in [0.3, 0.4) is 0 Å². The van der Waals surface area contributed by atoms with Gasteiger partial charge in [-0.2, -0.15) is 5.10 Å². The number of aromatic nitrogens is 4. The third-order valence-electron chi connectivity index (χ3n) is 11.0. The molecule has 0 bridgehead atoms. The fraction of sp³-hybridized carbons (Fsp3) is 0.486. The monoisotopic (exact) mass is 686 g/mol. The van der Waals surface area contributed by atoms with E-state index in [4.69, 9.17) is 4.74 Å². The van der Waals surface area contributed by atoms with Crippen molar-refractivity contribution in [3.05, 3.63) is 58.9 Å². The first-order valence-electron chi connectivity index (χ1n) is 17.1. The van der Waals surface area contributed by atoms with E-state index in [1.165, 1.54) is 11.0 Å². The van der Waals surface area contributed by atoms with Crippen molar-refractivity contribution in [2.45, 2.75) is 62.2 Å². The van der Waals surface area contributed by atoms with E-state index in [0.29, 0.717) is 92.4 Å². The van der Waals surface area contributed by atoms with E-state index in [1.54, 1.807) is 39.7 Å². The van der Waals surface area contributed by atoms with Crippen LogP contribution in [0.15, 0.2) is 47.5 Å². The van der Waals surface area contributed by atoms with Crippen molar-refractivity contribution in [3.63, 3.8) is 0 Å². The number of aryl methyl sites for hydroxylation is 1. The summed E-state index contributed by atoms with van der Waals surface area (Å²) in [5.74, 6) is -0.676. The van der Waals surface area contributed by atoms with Crippen LogP contribution in [0.25, 0.3) is 21.8 Å². The van der Waals surface area contributed by atoms with Crippen LogP contribution in [0.1, 0.15) is 51.0 Å². The molecule has 0 saturated carbocycles. The van der Waals surface area contributed by atoms with Gasteiger partial charge in [0.2, 0.25) is 11.8 Å². The van der Waals surface area contributed by atoms with Crippen molar-refractivity contribution in [2.75, 3.05) is 49.1 Å². The van der Waals surface area contributed by atoms with Gasteiger partial charge in [0.1, 0.15) is 5.82 Å². The van der Waals surface area contributed by atoms with Crippen LogP contribution in [-0.4, -0.2) is 97.7 Å². The molecule has 0 radical (unpaired) electrons. The number of nitrogens with one attached hydrogen (secondary N) is 1. The molecule has 15 heteroatoms. The molecular weight excluding hydrogens is 647 g/mol. The minimum absolute atomic E-state index is 0.0114. The van der Waals surface area contributed by atoms with E-state index in [1.807, 2.05) is 23.1 Å². The molecule has 50 heavy (non-hydrogen) atoms. The Morgan fingerprint density at radius 1 is 1.04 bits per heavy atom. The summed E-state index contributed by atoms with van der Waals surface area (Å²) in [6, 6.07) is 9.64. The lowest BCUT2D eigenvalue weighted by Crippen LogP contribution is -2.51. The van der Waals surface area contributed by atoms with Crippen molar-refractivity contribution in [2.24, 2.45) is 7.05 Å². The first-order valence-corrected chi connectivity index (χ1v) is 17.1. The molecule has 2 N–H and O–H groups in total. The second-order valence-electron chi connectivity index (χ2n) is 14.1. The number of urea groups is 1. The Kier molecular flexibility index (Phi) is 7.86. The largest absolute Gasteiger partial charge is 0.389 e. The first kappa shape index (κ1) is 32.3. The Bertz CT molecular complexity index is 2080. The molecule has 1 spiro atoms. The maximum absolute atomic E-state index is 15.6. The number of hydrogen-bond acceptors (Lipinski definition) is 9. The first-order chi connectivity index (χ1) is 24.0. The minimum atomic E-state index is -1.21. The highest BCUT2D eigenvalue weighted by molar-refractivity contribution is 6.09. The molecule has 1 atom stereocenters. The lowest BCUT2D eigenvalue weighted by molar-refractivity contribution is -0.142. The zero-order valence-electron chi connectivity index (χ0n) is 27.8. The van der Waals surface area contributed by atoms with Gasteiger partial charge in [0.05, 0.1) is 58.7 Å². The standard InChI is InChI=1S/C35H39FN8O6/c1-40-27-17-28(25(36)16-24(27)31(39-40)43-11-6-29(45)38-33(43)48)41-12-7-34(49,8-13-41)19-30(46)42-14-9-35(10-15-42)18-22(20-50-35)44-21-37-26-5-3-2-4-23(26)32(44)47/h2-5,16-17,21-22,49H,6-15,18-20H2,1H3,(H,38,45,48)/t22-/m1/s1. The van der Waals surface area contributed by atoms with Crippen molar-refractivity contribution in [1.29, 1.82) is 0 Å². The smallest absolute Gasteiger partial charge is 0.329 e. The molecule has 0 aliphatic carbocycles. The molecule has 6 heterocycles. The molecule has 2 aromatic heterocycles. The Morgan fingerprint density at radius 2 is 1.80 bits per heavy atom. The molecule has 4 amide bonds. The highest BCUT2D eigenvalue weighted by atomic mass is 19.1. The quantitative estimate of drug-likeness (QED) is 0.323. The predicted octanol–water partition coefficient (Wildman–Crippen LogP) is 2.61. The number of benzene rings is 2. The van der Waals surface area contributed by atoms with E-state index in [0.717, 1.165) is 0 Å². The Balaban J connectivity index is 0.874. The van der Waals surface area contributed by atoms with Crippen LogP contribution in [-0.2, 0) is 21.4 Å². The molecule has 2 aromatic carbocycles. The molecule has 262 valence electrons. The summed E-state index contributed by atoms with van der Waals surface area (Å²) in [5.41, 5.74) is -0.0454. The molecule has 4 aliphatic heterocycles. The van der Waals surface area contributed by atoms with Crippen LogP contribution in [0, 0.1) is 5.82 Å². The summed E-state index contributed by atoms with van der Waals surface area (Å²) < 4.78 is 25.1. The highest BCUT2D eigenvalue weighted by Gasteiger charge is 2.45. The normalized spacial score (nSPS) is 22.1. The molecule has 14 nitrogen and oxygen atoms in total. The predicted molar refractivity (Wildman–Crippen MR) is 181 cm³/mol. The number of aliphatic hydroxyl groups is 1. The van der Waals surface area contributed by atoms with E-state index < -0.39 is 23.1 Å². The van der Waals surface area contributed by atoms with E-state index in [2.05, 4.69) is 15.4 Å². The number of anilines is 2. The average molecular weight is 687 g/mol. The van der Waals surface area contributed by atoms with Gasteiger partial charge in [0.25, 0.3) is 5.56 Å². The minimum Gasteiger partial charge on any atom is -0.389 e. The average Bonchev–Trinajstić information content (AvgIpc) is 3.65. The van der Waals surface area contributed by atoms with E-state index >= 15 is 4.39 Å². The lowest BCUT2D eigenvalue weighted by atomic mass is 9.85. The fourth-order valence-corrected chi connectivity index (χ4v) is 8.04. The second kappa shape index (κ2) is 12.2. The number of imide groups is 1. The van der Waals surface area contributed by atoms with Gasteiger partial charge >= 0.3 is 6.03 Å². The van der Waals surface area contributed by atoms with Gasteiger partial charge in [0.15, 0.2) is 5.82 Å². The van der Waals surface area contributed by atoms with Gasteiger partial charge in [-0.05, 0) is 56.4 Å². The van der Waals surface area contributed by atoms with Gasteiger partial charge in [0, 0.05) is 51.6 Å². The number of likely N-dealkylation sites (tertiary alicyclic amines) is 1. The number of carbonyl (C=O) groups excluding carboxylic acids is 3. The number of carbonyl (C=O) groups is 3. The number of rotatable bonds is 5. The Hall–Kier alpha value is -4.89. The summed E-state index contributed by atoms with van der Waals surface area (Å²) >= 11 is 0. The number of nitrogens with zero attached hydrogens (tertiary/aromatic N) is 7. The SMILES string of the molecule is Cn1nc(N2CCC(=O)NC2=O)c2cc(F)c(N3CCC(O)(CC(=O)N4CCC5(CC4)C[C@@H](n4cnc6ccccc6c4=O)CO5)CC3)cc21. The number of ether oxygens (including phenoxy) is 1. The molecule has 0 unspecified atom stereocenters. The summed E-state index contributed by atoms with van der Waals surface area (Å²) in [4.78, 5) is 60.1. The zero-order valence-corrected chi connectivity index (χ0v) is 27.8. The van der Waals surface area contributed by atoms with Gasteiger partial charge in [-0.3, -0.25) is 33.8 Å². The van der Waals surface area contributed by atoms with Gasteiger partial charge in [-0.15, -0.1) is 0 Å². The molecular formula is C35H39FN8O6. The van der Waals surface area contributed by atoms with Crippen molar-refractivity contribution in [1.82, 2.24) is 29.5 Å². The van der Waals surface area contributed by atoms with Crippen molar-refractivity contribution < 1.29 is 28.6 Å². The Labute approximate surface area is 286 Å². The summed E-state index contributed by atoms with van der Waals surface area (Å²) in [6.07, 6.45) is 4.29. The number of piperidine rings is 2. The Morgan fingerprint density at radius 3 is 2.56 bits per heavy atom. The number of para-hydroxylation sites is 1. The molecule has 4 aromatic rings. The van der Waals surface area contributed by atoms with Gasteiger partial charge in [-0.1, -0.05) is 12.1 Å². The summed E-state index contributed by atoms with van der Waals surface area (Å²) in [7, 11) is 1.71. The second-order valence-corrected chi connectivity index (χ2v) is 14.1. The highest BCUT2D eigenvalue weighted by Crippen LogP contribution is 2.41. The van der Waals surface area contributed by atoms with E-state index in [9.17, 15) is 24.3 Å². The zero-order chi connectivity index (χ0) is 34.8. The molecule has 4 saturated heterocycles. The topological polar surface area (TPSA) is 155 Å². The number of amides is 4. The van der Waals surface area contributed by atoms with Gasteiger partial charge in [-0.25, -0.2) is 14.2 Å². The molecule has 4 aliphatic rings. The number of fused-ring (bicyclic) bond motifs is 2. The number of halogens is 1. The van der Waals surface area contributed by atoms with Gasteiger partial charge < -0.3 is 19.6 Å². The van der Waals surface area contributed by atoms with Crippen LogP contribution < -0.4 is 20.7 Å². The third kappa shape index (κ3) is 5.67. The maximum Gasteiger partial charge on any atom is 0.329 e. The lowest BCUT2D eigenvalue weighted by Gasteiger charge is -2.42. The van der Waals surface area contributed by atoms with Crippen LogP contribution in [0.2, 0.25) is 0 Å². The fourth-order valence-electron chi connectivity index (χ4n) is 8.04. The van der Waals surface area contributed by atoms with Crippen LogP contribution >= 0.6 is 0 Å². The maximum atomic E-state index is 15.6.